The minimum Gasteiger partial charge on any atom is -0.274 e. The molecule has 0 saturated heterocycles. The summed E-state index contributed by atoms with van der Waals surface area (Å²) in [5.41, 5.74) is 12.6. The second-order valence-electron chi connectivity index (χ2n) is 31.2. The lowest BCUT2D eigenvalue weighted by molar-refractivity contribution is 0.217. The third kappa shape index (κ3) is 16.8. The van der Waals surface area contributed by atoms with E-state index >= 15 is 0 Å². The molecule has 660 valence electrons. The first-order chi connectivity index (χ1) is 64.8. The fourth-order valence-electron chi connectivity index (χ4n) is 15.5. The highest BCUT2D eigenvalue weighted by Gasteiger charge is 2.43. The van der Waals surface area contributed by atoms with Gasteiger partial charge in [-0.05, 0) is 261 Å². The molecule has 12 heterocycles. The van der Waals surface area contributed by atoms with Crippen molar-refractivity contribution in [1.29, 1.82) is 0 Å². The van der Waals surface area contributed by atoms with Crippen molar-refractivity contribution in [3.63, 3.8) is 0 Å². The van der Waals surface area contributed by atoms with Crippen LogP contribution >= 0.6 is 80.9 Å². The molecule has 0 fully saturated rings. The molecule has 0 unspecified atom stereocenters. The average Bonchev–Trinajstić information content (AvgIpc) is 1.61. The van der Waals surface area contributed by atoms with E-state index in [9.17, 15) is 43.2 Å². The maximum atomic E-state index is 13.0. The first-order valence-corrected chi connectivity index (χ1v) is 46.8. The van der Waals surface area contributed by atoms with Crippen LogP contribution in [0.5, 0.6) is 0 Å². The Balaban J connectivity index is 0.000000103. The molecule has 0 radical (unpaired) electrons. The number of nitrogens with zero attached hydrogens (tertiary/aromatic N) is 18. The van der Waals surface area contributed by atoms with Gasteiger partial charge in [-0.25, -0.2) is 110 Å². The molecule has 0 bridgehead atoms. The molecule has 0 N–H and O–H groups in total. The Morgan fingerprint density at radius 2 is 0.657 bits per heavy atom. The quantitative estimate of drug-likeness (QED) is 0.143. The number of anilines is 5. The highest BCUT2D eigenvalue weighted by Crippen LogP contribution is 2.48. The Labute approximate surface area is 792 Å². The van der Waals surface area contributed by atoms with Crippen molar-refractivity contribution in [2.24, 2.45) is 15.0 Å². The van der Waals surface area contributed by atoms with Crippen LogP contribution in [0, 0.1) is 41.5 Å². The Morgan fingerprint density at radius 1 is 0.299 bits per heavy atom. The van der Waals surface area contributed by atoms with E-state index in [0.29, 0.717) is 76.5 Å². The van der Waals surface area contributed by atoms with Crippen molar-refractivity contribution in [1.82, 2.24) is 46.8 Å². The smallest absolute Gasteiger partial charge is 0.274 e. The fraction of sp³-hybridized carbons (Fsp3) is 0.0700. The Bertz CT molecular complexity index is 8290. The van der Waals surface area contributed by atoms with Crippen molar-refractivity contribution < 1.29 is 14.4 Å². The molecule has 0 spiro atoms. The highest BCUT2D eigenvalue weighted by molar-refractivity contribution is 8.15. The topological polar surface area (TPSA) is 277 Å². The number of para-hydroxylation sites is 4. The summed E-state index contributed by atoms with van der Waals surface area (Å²) in [4.78, 5) is 154. The maximum absolute atomic E-state index is 13.0. The lowest BCUT2D eigenvalue weighted by atomic mass is 10.2. The summed E-state index contributed by atoms with van der Waals surface area (Å²) >= 11 is 14.4. The monoisotopic (exact) mass is 1900 g/mol. The van der Waals surface area contributed by atoms with Crippen LogP contribution in [0.25, 0.3) is 62.6 Å². The van der Waals surface area contributed by atoms with Crippen LogP contribution < -0.4 is 58.6 Å². The van der Waals surface area contributed by atoms with Crippen LogP contribution in [0.1, 0.15) is 38.9 Å². The van der Waals surface area contributed by atoms with Gasteiger partial charge in [-0.3, -0.25) is 4.90 Å². The van der Waals surface area contributed by atoms with E-state index in [0.717, 1.165) is 121 Å². The normalized spacial score (nSPS) is 13.9. The number of fused-ring (bicyclic) bond motifs is 18. The zero-order chi connectivity index (χ0) is 93.2. The largest absolute Gasteiger partial charge is 0.359 e. The molecule has 6 aliphatic rings. The zero-order valence-electron chi connectivity index (χ0n) is 72.0. The van der Waals surface area contributed by atoms with Gasteiger partial charge in [0.1, 0.15) is 17.5 Å². The number of aromatic nitrogens is 9. The molecule has 0 atom stereocenters. The molecule has 134 heavy (non-hydrogen) atoms. The molecule has 6 aliphatic heterocycles. The first kappa shape index (κ1) is 87.8. The van der Waals surface area contributed by atoms with Crippen molar-refractivity contribution in [2.75, 3.05) is 24.5 Å². The predicted octanol–water partition coefficient (Wildman–Crippen LogP) is 20.9. The number of carbonyl (C=O) groups is 3. The number of benzene rings is 12. The first-order valence-electron chi connectivity index (χ1n) is 41.5. The van der Waals surface area contributed by atoms with Gasteiger partial charge in [0.2, 0.25) is 14.9 Å². The number of halogens is 1. The lowest BCUT2D eigenvalue weighted by Gasteiger charge is -2.32. The predicted molar refractivity (Wildman–Crippen MR) is 541 cm³/mol. The Morgan fingerprint density at radius 3 is 1.13 bits per heavy atom. The lowest BCUT2D eigenvalue weighted by Crippen LogP contribution is -2.47. The minimum atomic E-state index is -0.598. The van der Waals surface area contributed by atoms with Crippen molar-refractivity contribution in [3.8, 4) is 17.1 Å². The van der Waals surface area contributed by atoms with Crippen LogP contribution in [-0.4, -0.2) is 80.4 Å². The van der Waals surface area contributed by atoms with Crippen molar-refractivity contribution >= 4 is 188 Å². The number of aryl methyl sites for hydroxylation is 6. The van der Waals surface area contributed by atoms with Gasteiger partial charge in [-0.2, -0.15) is 15.0 Å². The molecule has 18 aromatic rings. The van der Waals surface area contributed by atoms with Crippen molar-refractivity contribution in [2.45, 2.75) is 62.8 Å². The molecule has 34 heteroatoms. The van der Waals surface area contributed by atoms with Crippen LogP contribution in [0.4, 0.5) is 42.8 Å². The van der Waals surface area contributed by atoms with Gasteiger partial charge in [0.05, 0.1) is 82.7 Å². The van der Waals surface area contributed by atoms with Crippen LogP contribution in [-0.2, 0) is 6.54 Å². The van der Waals surface area contributed by atoms with E-state index in [2.05, 4.69) is 61.8 Å². The number of amides is 6. The summed E-state index contributed by atoms with van der Waals surface area (Å²) in [6.07, 6.45) is 0. The maximum Gasteiger partial charge on any atom is 0.359 e. The van der Waals surface area contributed by atoms with E-state index in [-0.39, 0.29) is 29.5 Å². The second kappa shape index (κ2) is 36.3. The number of hydrogen-bond donors (Lipinski definition) is 0. The van der Waals surface area contributed by atoms with Gasteiger partial charge in [0.25, 0.3) is 0 Å². The number of aliphatic imine (C=N–C) groups is 3. The number of urea groups is 3. The number of thioether (sulfide) groups is 3. The summed E-state index contributed by atoms with van der Waals surface area (Å²) in [5, 5.41) is 2.55. The highest BCUT2D eigenvalue weighted by atomic mass is 35.5. The second-order valence-corrected chi connectivity index (χ2v) is 37.7. The van der Waals surface area contributed by atoms with E-state index in [4.69, 9.17) is 11.6 Å². The third-order valence-electron chi connectivity index (χ3n) is 21.8. The average molecular weight is 1900 g/mol. The van der Waals surface area contributed by atoms with Crippen molar-refractivity contribution in [3.05, 3.63) is 429 Å². The van der Waals surface area contributed by atoms with Gasteiger partial charge < -0.3 is 0 Å². The van der Waals surface area contributed by atoms with Crippen LogP contribution in [0.15, 0.2) is 381 Å². The SMILES string of the molecule is C=C1N=C2Sc3cc(C)ccc3N2C(=O)N1Cc1ccccc1.C=C1N=C2Sc3cc(C)ccc3N2C(=O)N1c1ccccc1.C=C1N=C2Sc3ccccc3N2C(=O)N1c1ccccc1.Cc1cccc(-n2c(=O)nc3sc4cc(C)ccc4n3c2=O)c1.Cc1cccc(-n2c(=O)nc3sc4cc(C)ccc4n3c2=O)c1.O=c1nc2sc3ccccc3n2c(=O)n1-c1ccc(Cl)cc1. The van der Waals surface area contributed by atoms with Gasteiger partial charge in [0, 0.05) is 19.7 Å². The molecule has 6 aromatic heterocycles. The molecule has 0 aliphatic carbocycles. The summed E-state index contributed by atoms with van der Waals surface area (Å²) in [6.45, 7) is 24.2. The summed E-state index contributed by atoms with van der Waals surface area (Å²) in [7, 11) is 0. The number of rotatable bonds is 7. The van der Waals surface area contributed by atoms with Gasteiger partial charge in [-0.15, -0.1) is 0 Å². The molecule has 6 amide bonds. The summed E-state index contributed by atoms with van der Waals surface area (Å²) in [6, 6.07) is 88.5. The molecule has 27 nitrogen and oxygen atoms in total. The Hall–Kier alpha value is -15.5. The van der Waals surface area contributed by atoms with Gasteiger partial charge >= 0.3 is 52.2 Å². The van der Waals surface area contributed by atoms with Gasteiger partial charge in [-0.1, -0.05) is 205 Å². The minimum absolute atomic E-state index is 0.0982. The van der Waals surface area contributed by atoms with Gasteiger partial charge in [0.15, 0.2) is 15.5 Å². The van der Waals surface area contributed by atoms with E-state index in [1.807, 2.05) is 266 Å². The van der Waals surface area contributed by atoms with E-state index in [1.54, 1.807) is 73.0 Å². The number of amidine groups is 3. The van der Waals surface area contributed by atoms with Crippen LogP contribution in [0.2, 0.25) is 5.02 Å². The number of thiazole rings is 3. The molecule has 12 aromatic carbocycles. The van der Waals surface area contributed by atoms with E-state index in [1.165, 1.54) is 93.0 Å². The molecule has 24 rings (SSSR count). The standard InChI is InChI=1S/C18H15N3OS.2C17H13N3O2S.C17H13N3OS.C16H11N3OS.C15H8ClN3O2S/c1-12-8-9-15-16(10-12)23-17-19-13(2)20(18(22)21(15)17)11-14-6-4-3-5-7-14;2*1-10-4-3-5-12(8-10)19-15(21)18-16-20(17(19)22)13-7-6-11(2)9-14(13)23-16;1-11-8-9-14-15(10-11)22-16-18-12(2)19(17(21)20(14)16)13-6-4-3-5-7-13;1-11-17-15-19(13-9-5-6-10-14(13)21-15)16(20)18(11)12-7-3-2-4-8-12;16-9-5-7-10(8-6-9)18-13(20)17-14-19(15(18)21)11-3-1-2-4-12(11)22-14/h3-10H,2,11H2,1H3;2*3-9H,1-2H3;3-10H,2H2,1H3;2-10H,1H2;1-8H. The third-order valence-corrected chi connectivity index (χ3v) is 28.1. The summed E-state index contributed by atoms with van der Waals surface area (Å²) in [5.74, 6) is 1.37. The fourth-order valence-corrected chi connectivity index (χ4v) is 22.1. The summed E-state index contributed by atoms with van der Waals surface area (Å²) < 4.78 is 10.5. The molecular formula is C100H73ClN18O9S6. The Kier molecular flexibility index (Phi) is 23.8. The number of hydrogen-bond acceptors (Lipinski definition) is 21. The zero-order valence-corrected chi connectivity index (χ0v) is 77.7. The molecular weight excluding hydrogens is 1830 g/mol. The van der Waals surface area contributed by atoms with Crippen LogP contribution in [0.3, 0.4) is 0 Å². The number of carbonyl (C=O) groups excluding carboxylic acids is 3. The van der Waals surface area contributed by atoms with E-state index < -0.39 is 22.8 Å². The molecule has 0 saturated carbocycles.